The second-order valence-electron chi connectivity index (χ2n) is 3.64. The van der Waals surface area contributed by atoms with Crippen LogP contribution in [0.3, 0.4) is 0 Å². The van der Waals surface area contributed by atoms with Crippen LogP contribution in [0.15, 0.2) is 18.2 Å². The molecule has 5 nitrogen and oxygen atoms in total. The summed E-state index contributed by atoms with van der Waals surface area (Å²) in [7, 11) is 3.02. The number of benzene rings is 1. The fraction of sp³-hybridized carbons (Fsp3) is 0.500. The predicted molar refractivity (Wildman–Crippen MR) is 62.2 cm³/mol. The number of hydrogen-bond acceptors (Lipinski definition) is 5. The number of rotatable bonds is 6. The Kier molecular flexibility index (Phi) is 5.21. The molecule has 17 heavy (non-hydrogen) atoms. The molecule has 2 atom stereocenters. The molecule has 0 aliphatic rings. The third-order valence-electron chi connectivity index (χ3n) is 2.54. The molecular weight excluding hydrogens is 224 g/mol. The van der Waals surface area contributed by atoms with Gasteiger partial charge in [-0.05, 0) is 24.1 Å². The van der Waals surface area contributed by atoms with Crippen LogP contribution in [-0.4, -0.2) is 42.3 Å². The lowest BCUT2D eigenvalue weighted by Crippen LogP contribution is -2.19. The SMILES string of the molecule is COc1ccc(C(O)C(O)CCO)cc1OC. The van der Waals surface area contributed by atoms with Crippen molar-refractivity contribution in [2.45, 2.75) is 18.6 Å². The van der Waals surface area contributed by atoms with Crippen LogP contribution in [0.1, 0.15) is 18.1 Å². The highest BCUT2D eigenvalue weighted by molar-refractivity contribution is 5.43. The van der Waals surface area contributed by atoms with Crippen molar-refractivity contribution in [1.82, 2.24) is 0 Å². The van der Waals surface area contributed by atoms with Gasteiger partial charge in [0.2, 0.25) is 0 Å². The quantitative estimate of drug-likeness (QED) is 0.676. The van der Waals surface area contributed by atoms with E-state index >= 15 is 0 Å². The molecule has 2 unspecified atom stereocenters. The molecular formula is C12H18O5. The molecule has 96 valence electrons. The molecule has 0 fully saturated rings. The lowest BCUT2D eigenvalue weighted by molar-refractivity contribution is 0.00410. The van der Waals surface area contributed by atoms with Crippen LogP contribution in [0, 0.1) is 0 Å². The van der Waals surface area contributed by atoms with E-state index in [-0.39, 0.29) is 13.0 Å². The smallest absolute Gasteiger partial charge is 0.161 e. The van der Waals surface area contributed by atoms with Crippen molar-refractivity contribution >= 4 is 0 Å². The van der Waals surface area contributed by atoms with Crippen molar-refractivity contribution in [2.24, 2.45) is 0 Å². The first kappa shape index (κ1) is 13.8. The molecule has 0 aliphatic heterocycles. The lowest BCUT2D eigenvalue weighted by Gasteiger charge is -2.18. The molecule has 0 heterocycles. The van der Waals surface area contributed by atoms with Gasteiger partial charge in [-0.25, -0.2) is 0 Å². The number of ether oxygens (including phenoxy) is 2. The first-order chi connectivity index (χ1) is 8.13. The van der Waals surface area contributed by atoms with Gasteiger partial charge < -0.3 is 24.8 Å². The summed E-state index contributed by atoms with van der Waals surface area (Å²) >= 11 is 0. The molecule has 1 aromatic rings. The topological polar surface area (TPSA) is 79.2 Å². The van der Waals surface area contributed by atoms with Crippen LogP contribution in [0.5, 0.6) is 11.5 Å². The molecule has 0 saturated carbocycles. The summed E-state index contributed by atoms with van der Waals surface area (Å²) in [5.41, 5.74) is 0.517. The Morgan fingerprint density at radius 1 is 1.12 bits per heavy atom. The summed E-state index contributed by atoms with van der Waals surface area (Å²) in [5, 5.41) is 28.1. The summed E-state index contributed by atoms with van der Waals surface area (Å²) in [4.78, 5) is 0. The zero-order valence-electron chi connectivity index (χ0n) is 9.96. The van der Waals surface area contributed by atoms with E-state index in [9.17, 15) is 10.2 Å². The van der Waals surface area contributed by atoms with Crippen LogP contribution in [0.25, 0.3) is 0 Å². The molecule has 3 N–H and O–H groups in total. The zero-order valence-corrected chi connectivity index (χ0v) is 9.96. The monoisotopic (exact) mass is 242 g/mol. The molecule has 0 radical (unpaired) electrons. The Morgan fingerprint density at radius 2 is 1.76 bits per heavy atom. The Morgan fingerprint density at radius 3 is 2.29 bits per heavy atom. The Hall–Kier alpha value is -1.30. The third kappa shape index (κ3) is 3.33. The summed E-state index contributed by atoms with van der Waals surface area (Å²) in [5.74, 6) is 1.04. The fourth-order valence-corrected chi connectivity index (χ4v) is 1.55. The number of hydrogen-bond donors (Lipinski definition) is 3. The molecule has 0 amide bonds. The Bertz CT molecular complexity index is 353. The van der Waals surface area contributed by atoms with Crippen molar-refractivity contribution in [3.05, 3.63) is 23.8 Å². The van der Waals surface area contributed by atoms with E-state index < -0.39 is 12.2 Å². The Balaban J connectivity index is 2.91. The number of aliphatic hydroxyl groups is 3. The second-order valence-corrected chi connectivity index (χ2v) is 3.64. The van der Waals surface area contributed by atoms with E-state index in [0.717, 1.165) is 0 Å². The van der Waals surface area contributed by atoms with Gasteiger partial charge in [-0.3, -0.25) is 0 Å². The first-order valence-corrected chi connectivity index (χ1v) is 5.33. The first-order valence-electron chi connectivity index (χ1n) is 5.33. The van der Waals surface area contributed by atoms with Crippen LogP contribution in [0.2, 0.25) is 0 Å². The second kappa shape index (κ2) is 6.44. The van der Waals surface area contributed by atoms with Gasteiger partial charge in [0.1, 0.15) is 6.10 Å². The van der Waals surface area contributed by atoms with Crippen LogP contribution in [-0.2, 0) is 0 Å². The molecule has 0 spiro atoms. The lowest BCUT2D eigenvalue weighted by atomic mass is 10.0. The van der Waals surface area contributed by atoms with Crippen molar-refractivity contribution in [3.63, 3.8) is 0 Å². The maximum atomic E-state index is 9.85. The third-order valence-corrected chi connectivity index (χ3v) is 2.54. The minimum Gasteiger partial charge on any atom is -0.493 e. The average Bonchev–Trinajstić information content (AvgIpc) is 2.37. The van der Waals surface area contributed by atoms with Gasteiger partial charge in [0.25, 0.3) is 0 Å². The molecule has 1 aromatic carbocycles. The summed E-state index contributed by atoms with van der Waals surface area (Å²) in [6, 6.07) is 4.90. The highest BCUT2D eigenvalue weighted by Gasteiger charge is 2.19. The van der Waals surface area contributed by atoms with Crippen LogP contribution in [0.4, 0.5) is 0 Å². The zero-order chi connectivity index (χ0) is 12.8. The van der Waals surface area contributed by atoms with E-state index in [4.69, 9.17) is 14.6 Å². The summed E-state index contributed by atoms with van der Waals surface area (Å²) in [6.07, 6.45) is -1.93. The standard InChI is InChI=1S/C12H18O5/c1-16-10-4-3-8(7-11(10)17-2)12(15)9(14)5-6-13/h3-4,7,9,12-15H,5-6H2,1-2H3. The van der Waals surface area contributed by atoms with Crippen molar-refractivity contribution < 1.29 is 24.8 Å². The Labute approximate surface area is 100 Å². The van der Waals surface area contributed by atoms with E-state index in [1.165, 1.54) is 14.2 Å². The van der Waals surface area contributed by atoms with Gasteiger partial charge in [0.05, 0.1) is 20.3 Å². The fourth-order valence-electron chi connectivity index (χ4n) is 1.55. The molecule has 0 bridgehead atoms. The molecule has 0 aliphatic carbocycles. The molecule has 0 saturated heterocycles. The largest absolute Gasteiger partial charge is 0.493 e. The van der Waals surface area contributed by atoms with Gasteiger partial charge in [-0.15, -0.1) is 0 Å². The summed E-state index contributed by atoms with van der Waals surface area (Å²) in [6.45, 7) is -0.175. The minimum absolute atomic E-state index is 0.121. The van der Waals surface area contributed by atoms with Gasteiger partial charge in [0, 0.05) is 6.61 Å². The van der Waals surface area contributed by atoms with E-state index in [0.29, 0.717) is 17.1 Å². The molecule has 1 rings (SSSR count). The van der Waals surface area contributed by atoms with Gasteiger partial charge in [-0.1, -0.05) is 6.07 Å². The van der Waals surface area contributed by atoms with Gasteiger partial charge >= 0.3 is 0 Å². The van der Waals surface area contributed by atoms with E-state index in [2.05, 4.69) is 0 Å². The maximum absolute atomic E-state index is 9.85. The highest BCUT2D eigenvalue weighted by atomic mass is 16.5. The van der Waals surface area contributed by atoms with Gasteiger partial charge in [-0.2, -0.15) is 0 Å². The van der Waals surface area contributed by atoms with Crippen LogP contribution >= 0.6 is 0 Å². The van der Waals surface area contributed by atoms with Crippen molar-refractivity contribution in [2.75, 3.05) is 20.8 Å². The molecule has 0 aromatic heterocycles. The highest BCUT2D eigenvalue weighted by Crippen LogP contribution is 2.31. The maximum Gasteiger partial charge on any atom is 0.161 e. The molecule has 5 heteroatoms. The van der Waals surface area contributed by atoms with Crippen molar-refractivity contribution in [3.8, 4) is 11.5 Å². The van der Waals surface area contributed by atoms with Gasteiger partial charge in [0.15, 0.2) is 11.5 Å². The normalized spacial score (nSPS) is 14.2. The van der Waals surface area contributed by atoms with Crippen molar-refractivity contribution in [1.29, 1.82) is 0 Å². The van der Waals surface area contributed by atoms with E-state index in [1.807, 2.05) is 0 Å². The van der Waals surface area contributed by atoms with E-state index in [1.54, 1.807) is 18.2 Å². The summed E-state index contributed by atoms with van der Waals surface area (Å²) < 4.78 is 10.2. The number of aliphatic hydroxyl groups excluding tert-OH is 3. The average molecular weight is 242 g/mol. The van der Waals surface area contributed by atoms with Crippen LogP contribution < -0.4 is 9.47 Å². The predicted octanol–water partition coefficient (Wildman–Crippen LogP) is 0.480. The minimum atomic E-state index is -1.05. The number of methoxy groups -OCH3 is 2.